The Morgan fingerprint density at radius 3 is 1.84 bits per heavy atom. The van der Waals surface area contributed by atoms with E-state index in [0.717, 1.165) is 19.3 Å². The Labute approximate surface area is 221 Å². The summed E-state index contributed by atoms with van der Waals surface area (Å²) in [5, 5.41) is 39.3. The molecule has 1 fully saturated rings. The number of aliphatic hydroxyl groups is 4. The molecule has 0 spiro atoms. The van der Waals surface area contributed by atoms with Crippen LogP contribution in [0.1, 0.15) is 96.8 Å². The molecule has 0 aromatic rings. The Kier molecular flexibility index (Phi) is 17.8. The predicted molar refractivity (Wildman–Crippen MR) is 136 cm³/mol. The number of aliphatic hydroxyl groups excluding tert-OH is 4. The minimum Gasteiger partial charge on any atom is -0.457 e. The van der Waals surface area contributed by atoms with Crippen LogP contribution in [0.15, 0.2) is 0 Å². The van der Waals surface area contributed by atoms with Gasteiger partial charge in [-0.1, -0.05) is 84.0 Å². The van der Waals surface area contributed by atoms with E-state index in [1.54, 1.807) is 0 Å². The van der Waals surface area contributed by atoms with Crippen LogP contribution in [0.4, 0.5) is 0 Å². The molecule has 12 heteroatoms. The summed E-state index contributed by atoms with van der Waals surface area (Å²) in [6.45, 7) is 1.26. The molecule has 0 bridgehead atoms. The van der Waals surface area contributed by atoms with Gasteiger partial charge in [-0.05, 0) is 6.42 Å². The summed E-state index contributed by atoms with van der Waals surface area (Å²) in [5.41, 5.74) is 0. The average molecular weight is 557 g/mol. The van der Waals surface area contributed by atoms with Crippen molar-refractivity contribution in [2.45, 2.75) is 134 Å². The molecule has 1 heterocycles. The molecule has 220 valence electrons. The van der Waals surface area contributed by atoms with E-state index in [1.165, 1.54) is 57.8 Å². The van der Waals surface area contributed by atoms with Crippen LogP contribution in [-0.2, 0) is 29.1 Å². The van der Waals surface area contributed by atoms with Crippen LogP contribution in [0, 0.1) is 0 Å². The molecule has 6 atom stereocenters. The normalized spacial score (nSPS) is 25.2. The molecule has 1 saturated heterocycles. The van der Waals surface area contributed by atoms with Gasteiger partial charge in [-0.15, -0.1) is 0 Å². The first-order chi connectivity index (χ1) is 17.6. The highest BCUT2D eigenvalue weighted by Gasteiger charge is 2.45. The lowest BCUT2D eigenvalue weighted by Gasteiger charge is -2.40. The standard InChI is InChI=1S/C25H48O11S/c1-2-3-4-5-6-7-8-9-10-11-12-13-14-15-21(27)35-19(16-26)17-34-25-24(30)23(29)22(28)20(36-25)18-37(31,32)33/h19-20,22-26,28-30H,2-18H2,1H3,(H,31,32,33). The van der Waals surface area contributed by atoms with Gasteiger partial charge >= 0.3 is 5.97 Å². The van der Waals surface area contributed by atoms with E-state index in [-0.39, 0.29) is 6.42 Å². The summed E-state index contributed by atoms with van der Waals surface area (Å²) < 4.78 is 46.8. The minimum atomic E-state index is -4.54. The van der Waals surface area contributed by atoms with Crippen molar-refractivity contribution in [1.29, 1.82) is 0 Å². The molecule has 1 aliphatic heterocycles. The molecular formula is C25H48O11S. The number of carbonyl (C=O) groups excluding carboxylic acids is 1. The van der Waals surface area contributed by atoms with Crippen molar-refractivity contribution in [1.82, 2.24) is 0 Å². The van der Waals surface area contributed by atoms with E-state index < -0.39 is 71.9 Å². The Hall–Kier alpha value is -0.860. The number of unbranched alkanes of at least 4 members (excludes halogenated alkanes) is 12. The van der Waals surface area contributed by atoms with Crippen LogP contribution in [-0.4, -0.2) is 95.1 Å². The number of rotatable bonds is 21. The second-order valence-electron chi connectivity index (χ2n) is 9.88. The van der Waals surface area contributed by atoms with Crippen molar-refractivity contribution in [2.24, 2.45) is 0 Å². The van der Waals surface area contributed by atoms with Crippen LogP contribution >= 0.6 is 0 Å². The lowest BCUT2D eigenvalue weighted by molar-refractivity contribution is -0.297. The lowest BCUT2D eigenvalue weighted by Crippen LogP contribution is -2.60. The third-order valence-corrected chi connectivity index (χ3v) is 7.23. The van der Waals surface area contributed by atoms with Crippen molar-refractivity contribution in [3.05, 3.63) is 0 Å². The highest BCUT2D eigenvalue weighted by Crippen LogP contribution is 2.23. The third kappa shape index (κ3) is 15.4. The first-order valence-electron chi connectivity index (χ1n) is 13.7. The van der Waals surface area contributed by atoms with E-state index in [4.69, 9.17) is 18.8 Å². The number of hydrogen-bond acceptors (Lipinski definition) is 10. The Morgan fingerprint density at radius 2 is 1.35 bits per heavy atom. The second kappa shape index (κ2) is 19.2. The van der Waals surface area contributed by atoms with Crippen LogP contribution < -0.4 is 0 Å². The molecular weight excluding hydrogens is 508 g/mol. The smallest absolute Gasteiger partial charge is 0.306 e. The lowest BCUT2D eigenvalue weighted by atomic mass is 10.00. The van der Waals surface area contributed by atoms with Gasteiger partial charge in [0.1, 0.15) is 36.3 Å². The molecule has 0 aliphatic carbocycles. The predicted octanol–water partition coefficient (Wildman–Crippen LogP) is 2.08. The average Bonchev–Trinajstić information content (AvgIpc) is 2.84. The summed E-state index contributed by atoms with van der Waals surface area (Å²) in [6, 6.07) is 0. The molecule has 37 heavy (non-hydrogen) atoms. The Morgan fingerprint density at radius 1 is 0.838 bits per heavy atom. The van der Waals surface area contributed by atoms with E-state index in [0.29, 0.717) is 6.42 Å². The quantitative estimate of drug-likeness (QED) is 0.0793. The zero-order valence-electron chi connectivity index (χ0n) is 22.1. The van der Waals surface area contributed by atoms with Crippen LogP contribution in [0.2, 0.25) is 0 Å². The maximum absolute atomic E-state index is 12.1. The second-order valence-corrected chi connectivity index (χ2v) is 11.4. The number of carbonyl (C=O) groups is 1. The zero-order valence-corrected chi connectivity index (χ0v) is 22.9. The third-order valence-electron chi connectivity index (χ3n) is 6.48. The molecule has 1 aliphatic rings. The molecule has 1 rings (SSSR count). The summed E-state index contributed by atoms with van der Waals surface area (Å²) in [4.78, 5) is 12.1. The van der Waals surface area contributed by atoms with Gasteiger partial charge in [-0.3, -0.25) is 9.35 Å². The first kappa shape index (κ1) is 34.2. The molecule has 0 saturated carbocycles. The topological polar surface area (TPSA) is 180 Å². The molecule has 0 radical (unpaired) electrons. The van der Waals surface area contributed by atoms with Crippen LogP contribution in [0.25, 0.3) is 0 Å². The van der Waals surface area contributed by atoms with Gasteiger partial charge in [0.05, 0.1) is 13.2 Å². The van der Waals surface area contributed by atoms with Gasteiger partial charge in [0.2, 0.25) is 0 Å². The number of ether oxygens (including phenoxy) is 3. The number of hydrogen-bond donors (Lipinski definition) is 5. The van der Waals surface area contributed by atoms with Gasteiger partial charge in [-0.25, -0.2) is 0 Å². The van der Waals surface area contributed by atoms with Crippen molar-refractivity contribution < 1.29 is 52.4 Å². The fourth-order valence-electron chi connectivity index (χ4n) is 4.26. The summed E-state index contributed by atoms with van der Waals surface area (Å²) >= 11 is 0. The van der Waals surface area contributed by atoms with Gasteiger partial charge in [-0.2, -0.15) is 8.42 Å². The van der Waals surface area contributed by atoms with Crippen LogP contribution in [0.3, 0.4) is 0 Å². The fraction of sp³-hybridized carbons (Fsp3) is 0.960. The Bertz CT molecular complexity index is 703. The molecule has 0 amide bonds. The summed E-state index contributed by atoms with van der Waals surface area (Å²) in [7, 11) is -4.54. The van der Waals surface area contributed by atoms with Gasteiger partial charge in [0.25, 0.3) is 10.1 Å². The van der Waals surface area contributed by atoms with Crippen molar-refractivity contribution in [2.75, 3.05) is 19.0 Å². The fourth-order valence-corrected chi connectivity index (χ4v) is 4.95. The van der Waals surface area contributed by atoms with Gasteiger partial charge in [0, 0.05) is 6.42 Å². The van der Waals surface area contributed by atoms with Crippen LogP contribution in [0.5, 0.6) is 0 Å². The zero-order chi connectivity index (χ0) is 27.7. The SMILES string of the molecule is CCCCCCCCCCCCCCCC(=O)OC(CO)COC1OC(CS(=O)(=O)O)C(O)C(O)C1O. The molecule has 5 N–H and O–H groups in total. The molecule has 0 aromatic heterocycles. The summed E-state index contributed by atoms with van der Waals surface area (Å²) in [5.74, 6) is -1.52. The van der Waals surface area contributed by atoms with Gasteiger partial charge in [0.15, 0.2) is 6.29 Å². The highest BCUT2D eigenvalue weighted by atomic mass is 32.2. The van der Waals surface area contributed by atoms with E-state index in [1.807, 2.05) is 0 Å². The minimum absolute atomic E-state index is 0.193. The van der Waals surface area contributed by atoms with Gasteiger partial charge < -0.3 is 34.6 Å². The Balaban J connectivity index is 2.20. The van der Waals surface area contributed by atoms with Crippen molar-refractivity contribution >= 4 is 16.1 Å². The monoisotopic (exact) mass is 556 g/mol. The van der Waals surface area contributed by atoms with E-state index >= 15 is 0 Å². The summed E-state index contributed by atoms with van der Waals surface area (Å²) in [6.07, 6.45) is 6.15. The molecule has 0 aromatic carbocycles. The highest BCUT2D eigenvalue weighted by molar-refractivity contribution is 7.85. The maximum atomic E-state index is 12.1. The van der Waals surface area contributed by atoms with Crippen molar-refractivity contribution in [3.8, 4) is 0 Å². The molecule has 6 unspecified atom stereocenters. The first-order valence-corrected chi connectivity index (χ1v) is 15.3. The number of esters is 1. The van der Waals surface area contributed by atoms with E-state index in [9.17, 15) is 33.6 Å². The largest absolute Gasteiger partial charge is 0.457 e. The van der Waals surface area contributed by atoms with E-state index in [2.05, 4.69) is 6.92 Å². The maximum Gasteiger partial charge on any atom is 0.306 e. The van der Waals surface area contributed by atoms with Crippen molar-refractivity contribution in [3.63, 3.8) is 0 Å². The molecule has 11 nitrogen and oxygen atoms in total.